The average Bonchev–Trinajstić information content (AvgIpc) is 1.15. The number of carboxylic acid groups (broad SMARTS) is 2. The Labute approximate surface area is 628 Å². The third-order valence-electron chi connectivity index (χ3n) is 17.9. The number of amides is 8. The number of carbonyl (C=O) groups excluding carboxylic acids is 14. The van der Waals surface area contributed by atoms with Crippen molar-refractivity contribution in [2.24, 2.45) is 57.2 Å². The number of aliphatic carboxylic acids is 2. The number of hydrogen-bond donors (Lipinski definition) is 13. The van der Waals surface area contributed by atoms with Crippen LogP contribution in [0.3, 0.4) is 0 Å². The van der Waals surface area contributed by atoms with Gasteiger partial charge in [0.15, 0.2) is 23.3 Å². The van der Waals surface area contributed by atoms with Gasteiger partial charge in [0.2, 0.25) is 47.3 Å². The van der Waals surface area contributed by atoms with Crippen LogP contribution in [0.5, 0.6) is 0 Å². The van der Waals surface area contributed by atoms with Gasteiger partial charge >= 0.3 is 11.9 Å². The van der Waals surface area contributed by atoms with Gasteiger partial charge in [-0.2, -0.15) is 0 Å². The van der Waals surface area contributed by atoms with Crippen LogP contribution in [0, 0.1) is 35.0 Å². The van der Waals surface area contributed by atoms with E-state index in [0.29, 0.717) is 23.4 Å². The molecule has 0 spiro atoms. The number of aromatic nitrogens is 3. The van der Waals surface area contributed by atoms with Crippen LogP contribution < -0.4 is 59.7 Å². The van der Waals surface area contributed by atoms with Crippen molar-refractivity contribution in [2.45, 2.75) is 220 Å². The molecule has 8 amide bonds. The summed E-state index contributed by atoms with van der Waals surface area (Å²) in [6.45, 7) is 11.6. The standard InChI is InChI=1S/C75H109N15O18/c1-44(2)30-49(36-62(95)58(34-48-20-12-9-13-21-48)83-64(97)25-24-61(94)55(76)39-53-43-90(89-88-53)29-17-26-75(5,6)7)68(103)81-41-52(38-65(98)99)70(105)86-59(40-66(100)101)63(96)37-50(31-45(3)91)67(102)79-27-15-14-22-56-72(107)85-57(23-16-28-80-74(77)78)73(108)87-60(32-46(4)92)71(106)82-42-54(93)35-51(69(104)84-56)33-47-18-10-8-11-19-47/h8-13,18-21,43-44,49-52,55-60H,14-17,22-42,76H2,1-7H3,(H,79,102)(H,81,103)(H,82,106)(H,83,97)(H,84,104)(H,85,107)(H,86,105)(H,87,108)(H,98,99)(H,100,101)(H4,77,78,80)/t49?,50-,51+,52-,55?,56?,57?,58?,59+,60+/m1/s1. The van der Waals surface area contributed by atoms with Crippen molar-refractivity contribution in [3.05, 3.63) is 83.7 Å². The molecule has 1 saturated heterocycles. The molecule has 1 aliphatic heterocycles. The number of hydrogen-bond acceptors (Lipinski definition) is 20. The molecule has 5 unspecified atom stereocenters. The van der Waals surface area contributed by atoms with Crippen LogP contribution in [-0.4, -0.2) is 187 Å². The molecule has 4 rings (SSSR count). The van der Waals surface area contributed by atoms with Gasteiger partial charge in [-0.3, -0.25) is 81.6 Å². The number of carboxylic acids is 2. The smallest absolute Gasteiger partial charge is 0.305 e. The fraction of sp³-hybridized carbons (Fsp3) is 0.587. The first-order valence-electron chi connectivity index (χ1n) is 36.6. The van der Waals surface area contributed by atoms with Gasteiger partial charge in [0.25, 0.3) is 0 Å². The highest BCUT2D eigenvalue weighted by Gasteiger charge is 2.37. The molecule has 0 bridgehead atoms. The summed E-state index contributed by atoms with van der Waals surface area (Å²) in [6.07, 6.45) is -1.40. The van der Waals surface area contributed by atoms with E-state index < -0.39 is 212 Å². The summed E-state index contributed by atoms with van der Waals surface area (Å²) in [5.41, 5.74) is 19.2. The first-order chi connectivity index (χ1) is 50.9. The monoisotopic (exact) mass is 1510 g/mol. The van der Waals surface area contributed by atoms with Crippen LogP contribution in [0.2, 0.25) is 0 Å². The molecular formula is C75H109N15O18. The fourth-order valence-corrected chi connectivity index (χ4v) is 12.2. The lowest BCUT2D eigenvalue weighted by molar-refractivity contribution is -0.143. The van der Waals surface area contributed by atoms with E-state index in [1.165, 1.54) is 6.92 Å². The first-order valence-corrected chi connectivity index (χ1v) is 36.6. The minimum absolute atomic E-state index is 0.00478. The molecule has 3 aromatic rings. The highest BCUT2D eigenvalue weighted by molar-refractivity contribution is 6.00. The van der Waals surface area contributed by atoms with Crippen LogP contribution in [0.25, 0.3) is 0 Å². The summed E-state index contributed by atoms with van der Waals surface area (Å²) < 4.78 is 1.69. The number of rotatable bonds is 45. The third-order valence-corrected chi connectivity index (χ3v) is 17.9. The molecular weight excluding hydrogens is 1400 g/mol. The maximum Gasteiger partial charge on any atom is 0.305 e. The number of benzene rings is 2. The average molecular weight is 1510 g/mol. The number of ketones is 6. The maximum atomic E-state index is 14.4. The normalized spacial score (nSPS) is 17.5. The molecule has 16 N–H and O–H groups in total. The zero-order valence-corrected chi connectivity index (χ0v) is 62.8. The van der Waals surface area contributed by atoms with Crippen molar-refractivity contribution in [1.82, 2.24) is 57.5 Å². The highest BCUT2D eigenvalue weighted by atomic mass is 16.4. The number of unbranched alkanes of at least 4 members (excludes halogenated alkanes) is 1. The Morgan fingerprint density at radius 3 is 1.82 bits per heavy atom. The van der Waals surface area contributed by atoms with Crippen molar-refractivity contribution >= 4 is 99.9 Å². The first kappa shape index (κ1) is 89.9. The number of guanidine groups is 1. The molecule has 0 radical (unpaired) electrons. The zero-order valence-electron chi connectivity index (χ0n) is 62.8. The molecule has 1 aromatic heterocycles. The largest absolute Gasteiger partial charge is 0.481 e. The summed E-state index contributed by atoms with van der Waals surface area (Å²) in [6, 6.07) is 9.06. The van der Waals surface area contributed by atoms with Crippen molar-refractivity contribution < 1.29 is 86.9 Å². The second-order valence-corrected chi connectivity index (χ2v) is 29.4. The highest BCUT2D eigenvalue weighted by Crippen LogP contribution is 2.23. The number of nitrogens with zero attached hydrogens (tertiary/aromatic N) is 4. The lowest BCUT2D eigenvalue weighted by Crippen LogP contribution is -2.57. The van der Waals surface area contributed by atoms with Gasteiger partial charge in [0.1, 0.15) is 35.5 Å². The van der Waals surface area contributed by atoms with Gasteiger partial charge in [-0.25, -0.2) is 0 Å². The van der Waals surface area contributed by atoms with Gasteiger partial charge in [0, 0.05) is 95.6 Å². The second-order valence-electron chi connectivity index (χ2n) is 29.4. The molecule has 33 heteroatoms. The third kappa shape index (κ3) is 35.3. The van der Waals surface area contributed by atoms with Gasteiger partial charge in [-0.15, -0.1) is 5.10 Å². The Bertz CT molecular complexity index is 3630. The molecule has 592 valence electrons. The Balaban J connectivity index is 1.46. The number of Topliss-reactive ketones (excluding diaryl/α,β-unsaturated/α-hetero) is 6. The number of carbonyl (C=O) groups is 16. The van der Waals surface area contributed by atoms with E-state index in [4.69, 9.17) is 17.2 Å². The van der Waals surface area contributed by atoms with Crippen LogP contribution in [-0.2, 0) is 103 Å². The molecule has 1 aliphatic rings. The van der Waals surface area contributed by atoms with E-state index >= 15 is 0 Å². The Kier molecular flexibility index (Phi) is 38.2. The SMILES string of the molecule is CC(=O)C[C@H](CC(=O)[C@H](CC(=O)O)NC(=O)[C@@H](CNC(=O)C(CC(=O)C(Cc1ccccc1)NC(=O)CCC(=O)C(N)Cc1cn(CCCC(C)(C)C)nn1)CC(C)C)CC(=O)O)C(=O)NCCCCC1NC(=O)[C@@H](Cc2ccccc2)CC(=O)CNC(=O)[C@H](CC(C)=O)NC(=O)C(CCCN=C(N)N)NC1=O. The van der Waals surface area contributed by atoms with Crippen molar-refractivity contribution in [3.8, 4) is 0 Å². The molecule has 2 aromatic carbocycles. The molecule has 33 nitrogen and oxygen atoms in total. The van der Waals surface area contributed by atoms with Crippen molar-refractivity contribution in [3.63, 3.8) is 0 Å². The number of aliphatic imine (C=N–C) groups is 1. The maximum absolute atomic E-state index is 14.4. The number of aryl methyl sites for hydroxylation is 1. The van der Waals surface area contributed by atoms with Gasteiger partial charge < -0.3 is 74.7 Å². The molecule has 1 fully saturated rings. The Morgan fingerprint density at radius 1 is 0.630 bits per heavy atom. The summed E-state index contributed by atoms with van der Waals surface area (Å²) in [7, 11) is 0. The zero-order chi connectivity index (χ0) is 80.2. The molecule has 0 saturated carbocycles. The van der Waals surface area contributed by atoms with Crippen LogP contribution in [0.4, 0.5) is 0 Å². The minimum atomic E-state index is -1.90. The lowest BCUT2D eigenvalue weighted by atomic mass is 9.88. The van der Waals surface area contributed by atoms with Gasteiger partial charge in [-0.1, -0.05) is 100 Å². The summed E-state index contributed by atoms with van der Waals surface area (Å²) in [5, 5.41) is 48.7. The fourth-order valence-electron chi connectivity index (χ4n) is 12.2. The molecule has 10 atom stereocenters. The Morgan fingerprint density at radius 2 is 1.22 bits per heavy atom. The molecule has 0 aliphatic carbocycles. The van der Waals surface area contributed by atoms with Gasteiger partial charge in [-0.05, 0) is 101 Å². The number of nitrogens with two attached hydrogens (primary N) is 3. The van der Waals surface area contributed by atoms with Crippen LogP contribution >= 0.6 is 0 Å². The Hall–Kier alpha value is -10.5. The van der Waals surface area contributed by atoms with E-state index in [0.717, 1.165) is 19.8 Å². The molecule has 108 heavy (non-hydrogen) atoms. The summed E-state index contributed by atoms with van der Waals surface area (Å²) in [5.74, 6) is -19.3. The van der Waals surface area contributed by atoms with E-state index in [1.807, 2.05) is 0 Å². The quantitative estimate of drug-likeness (QED) is 0.0214. The molecule has 2 heterocycles. The lowest BCUT2D eigenvalue weighted by Gasteiger charge is -2.26. The predicted octanol–water partition coefficient (Wildman–Crippen LogP) is 1.12. The van der Waals surface area contributed by atoms with Crippen molar-refractivity contribution in [1.29, 1.82) is 0 Å². The van der Waals surface area contributed by atoms with Crippen LogP contribution in [0.1, 0.15) is 174 Å². The predicted molar refractivity (Wildman–Crippen MR) is 395 cm³/mol. The van der Waals surface area contributed by atoms with E-state index in [2.05, 4.69) is 78.6 Å². The minimum Gasteiger partial charge on any atom is -0.481 e. The van der Waals surface area contributed by atoms with E-state index in [1.54, 1.807) is 85.4 Å². The van der Waals surface area contributed by atoms with Crippen LogP contribution in [0.15, 0.2) is 71.9 Å². The summed E-state index contributed by atoms with van der Waals surface area (Å²) in [4.78, 5) is 220. The van der Waals surface area contributed by atoms with E-state index in [-0.39, 0.29) is 101 Å². The second kappa shape index (κ2) is 45.9. The van der Waals surface area contributed by atoms with E-state index in [9.17, 15) is 86.9 Å². The summed E-state index contributed by atoms with van der Waals surface area (Å²) >= 11 is 0. The number of nitrogens with one attached hydrogen (secondary N) is 8. The van der Waals surface area contributed by atoms with Crippen molar-refractivity contribution in [2.75, 3.05) is 26.2 Å². The van der Waals surface area contributed by atoms with Gasteiger partial charge in [0.05, 0.1) is 55.0 Å². The topological polar surface area (TPSA) is 531 Å².